The lowest BCUT2D eigenvalue weighted by Gasteiger charge is -2.28. The third-order valence-electron chi connectivity index (χ3n) is 5.27. The van der Waals surface area contributed by atoms with Crippen LogP contribution in [0.3, 0.4) is 0 Å². The first kappa shape index (κ1) is 20.8. The van der Waals surface area contributed by atoms with E-state index in [1.54, 1.807) is 13.2 Å². The fourth-order valence-corrected chi connectivity index (χ4v) is 3.56. The number of aldehydes is 1. The monoisotopic (exact) mass is 418 g/mol. The molecule has 160 valence electrons. The fraction of sp³-hybridized carbons (Fsp3) is 0.292. The quantitative estimate of drug-likeness (QED) is 0.560. The number of ether oxygens (including phenoxy) is 2. The Labute approximate surface area is 182 Å². The highest BCUT2D eigenvalue weighted by Gasteiger charge is 2.11. The van der Waals surface area contributed by atoms with E-state index >= 15 is 0 Å². The highest BCUT2D eigenvalue weighted by atomic mass is 16.5. The second-order valence-corrected chi connectivity index (χ2v) is 7.42. The summed E-state index contributed by atoms with van der Waals surface area (Å²) in [6.45, 7) is 3.39. The van der Waals surface area contributed by atoms with Gasteiger partial charge >= 0.3 is 0 Å². The molecule has 3 aromatic rings. The van der Waals surface area contributed by atoms with Crippen LogP contribution in [0.25, 0.3) is 0 Å². The van der Waals surface area contributed by atoms with Gasteiger partial charge in [0.25, 0.3) is 0 Å². The van der Waals surface area contributed by atoms with Crippen molar-refractivity contribution in [3.05, 3.63) is 71.5 Å². The summed E-state index contributed by atoms with van der Waals surface area (Å²) in [6, 6.07) is 13.8. The van der Waals surface area contributed by atoms with Crippen molar-refractivity contribution in [1.29, 1.82) is 0 Å². The molecule has 0 amide bonds. The van der Waals surface area contributed by atoms with Crippen LogP contribution in [-0.4, -0.2) is 49.7 Å². The lowest BCUT2D eigenvalue weighted by atomic mass is 10.0. The van der Waals surface area contributed by atoms with E-state index < -0.39 is 0 Å². The second-order valence-electron chi connectivity index (χ2n) is 7.42. The molecule has 4 rings (SSSR count). The molecule has 0 atom stereocenters. The molecule has 31 heavy (non-hydrogen) atoms. The molecule has 1 N–H and O–H groups in total. The highest BCUT2D eigenvalue weighted by Crippen LogP contribution is 2.21. The number of morpholine rings is 1. The van der Waals surface area contributed by atoms with Gasteiger partial charge in [0.15, 0.2) is 0 Å². The van der Waals surface area contributed by atoms with Crippen LogP contribution in [0.2, 0.25) is 0 Å². The maximum absolute atomic E-state index is 11.1. The normalized spacial score (nSPS) is 13.6. The number of carbonyl (C=O) groups excluding carboxylic acids is 1. The van der Waals surface area contributed by atoms with Crippen molar-refractivity contribution in [3.63, 3.8) is 0 Å². The summed E-state index contributed by atoms with van der Waals surface area (Å²) in [5.41, 5.74) is 4.83. The molecule has 0 bridgehead atoms. The van der Waals surface area contributed by atoms with Gasteiger partial charge in [-0.05, 0) is 66.4 Å². The summed E-state index contributed by atoms with van der Waals surface area (Å²) in [6.07, 6.45) is 6.05. The van der Waals surface area contributed by atoms with Gasteiger partial charge in [-0.3, -0.25) is 4.79 Å². The molecule has 1 aliphatic heterocycles. The molecule has 0 unspecified atom stereocenters. The van der Waals surface area contributed by atoms with Crippen molar-refractivity contribution in [2.75, 3.05) is 43.6 Å². The minimum Gasteiger partial charge on any atom is -0.497 e. The van der Waals surface area contributed by atoms with Crippen LogP contribution < -0.4 is 15.0 Å². The molecule has 1 saturated heterocycles. The number of methoxy groups -OCH3 is 1. The predicted molar refractivity (Wildman–Crippen MR) is 121 cm³/mol. The number of anilines is 3. The first-order chi connectivity index (χ1) is 15.2. The van der Waals surface area contributed by atoms with E-state index in [2.05, 4.69) is 32.3 Å². The van der Waals surface area contributed by atoms with Gasteiger partial charge in [-0.2, -0.15) is 0 Å². The van der Waals surface area contributed by atoms with Crippen LogP contribution in [0, 0.1) is 0 Å². The number of carbonyl (C=O) groups is 1. The number of nitrogens with one attached hydrogen (secondary N) is 1. The molecule has 2 heterocycles. The van der Waals surface area contributed by atoms with Crippen LogP contribution >= 0.6 is 0 Å². The van der Waals surface area contributed by atoms with Crippen molar-refractivity contribution in [1.82, 2.24) is 9.97 Å². The van der Waals surface area contributed by atoms with E-state index in [0.717, 1.165) is 62.2 Å². The van der Waals surface area contributed by atoms with Crippen LogP contribution in [0.15, 0.2) is 54.9 Å². The third kappa shape index (κ3) is 5.58. The molecule has 0 saturated carbocycles. The molecule has 0 aliphatic carbocycles. The summed E-state index contributed by atoms with van der Waals surface area (Å²) in [5, 5.41) is 3.24. The van der Waals surface area contributed by atoms with E-state index in [1.807, 2.05) is 36.7 Å². The molecular weight excluding hydrogens is 392 g/mol. The first-order valence-corrected chi connectivity index (χ1v) is 10.4. The zero-order chi connectivity index (χ0) is 21.5. The molecule has 1 aromatic heterocycles. The minimum absolute atomic E-state index is 0.562. The molecule has 7 heteroatoms. The predicted octanol–water partition coefficient (Wildman–Crippen LogP) is 3.66. The van der Waals surface area contributed by atoms with Gasteiger partial charge in [0.1, 0.15) is 12.0 Å². The number of aryl methyl sites for hydroxylation is 2. The summed E-state index contributed by atoms with van der Waals surface area (Å²) < 4.78 is 10.7. The van der Waals surface area contributed by atoms with E-state index in [9.17, 15) is 4.79 Å². The molecule has 2 aromatic carbocycles. The SMILES string of the molecule is COc1cc(C=O)cc(CCc2cnc(Nc3ccc(N4CCOCC4)cc3)nc2)c1. The van der Waals surface area contributed by atoms with Crippen LogP contribution in [0.4, 0.5) is 17.3 Å². The number of rotatable bonds is 8. The van der Waals surface area contributed by atoms with Crippen molar-refractivity contribution < 1.29 is 14.3 Å². The summed E-state index contributed by atoms with van der Waals surface area (Å²) >= 11 is 0. The molecule has 1 aliphatic rings. The van der Waals surface area contributed by atoms with Crippen molar-refractivity contribution >= 4 is 23.6 Å². The van der Waals surface area contributed by atoms with Crippen LogP contribution in [0.1, 0.15) is 21.5 Å². The Morgan fingerprint density at radius 2 is 1.74 bits per heavy atom. The number of aromatic nitrogens is 2. The van der Waals surface area contributed by atoms with E-state index in [1.165, 1.54) is 5.69 Å². The number of hydrogen-bond donors (Lipinski definition) is 1. The average molecular weight is 418 g/mol. The van der Waals surface area contributed by atoms with Gasteiger partial charge in [-0.25, -0.2) is 9.97 Å². The molecular formula is C24H26N4O3. The lowest BCUT2D eigenvalue weighted by molar-refractivity contribution is 0.112. The van der Waals surface area contributed by atoms with Crippen molar-refractivity contribution in [2.24, 2.45) is 0 Å². The molecule has 0 radical (unpaired) electrons. The van der Waals surface area contributed by atoms with Crippen molar-refractivity contribution in [3.8, 4) is 5.75 Å². The maximum atomic E-state index is 11.1. The number of nitrogens with zero attached hydrogens (tertiary/aromatic N) is 3. The van der Waals surface area contributed by atoms with Gasteiger partial charge in [0.2, 0.25) is 5.95 Å². The Balaban J connectivity index is 1.33. The third-order valence-corrected chi connectivity index (χ3v) is 5.27. The maximum Gasteiger partial charge on any atom is 0.227 e. The molecule has 1 fully saturated rings. The van der Waals surface area contributed by atoms with Gasteiger partial charge in [0, 0.05) is 42.4 Å². The second kappa shape index (κ2) is 10.0. The smallest absolute Gasteiger partial charge is 0.227 e. The van der Waals surface area contributed by atoms with E-state index in [4.69, 9.17) is 9.47 Å². The van der Waals surface area contributed by atoms with Gasteiger partial charge in [0.05, 0.1) is 20.3 Å². The zero-order valence-electron chi connectivity index (χ0n) is 17.6. The summed E-state index contributed by atoms with van der Waals surface area (Å²) in [5.74, 6) is 1.25. The average Bonchev–Trinajstić information content (AvgIpc) is 2.84. The van der Waals surface area contributed by atoms with Gasteiger partial charge in [-0.15, -0.1) is 0 Å². The van der Waals surface area contributed by atoms with E-state index in [0.29, 0.717) is 17.3 Å². The fourth-order valence-electron chi connectivity index (χ4n) is 3.56. The standard InChI is InChI=1S/C24H26N4O3/c1-30-23-13-18(12-20(14-23)17-29)2-3-19-15-25-24(26-16-19)27-21-4-6-22(7-5-21)28-8-10-31-11-9-28/h4-7,12-17H,2-3,8-11H2,1H3,(H,25,26,27). The topological polar surface area (TPSA) is 76.6 Å². The Kier molecular flexibility index (Phi) is 6.74. The Morgan fingerprint density at radius 1 is 1.03 bits per heavy atom. The lowest BCUT2D eigenvalue weighted by Crippen LogP contribution is -2.36. The van der Waals surface area contributed by atoms with Crippen LogP contribution in [-0.2, 0) is 17.6 Å². The molecule has 7 nitrogen and oxygen atoms in total. The minimum atomic E-state index is 0.562. The van der Waals surface area contributed by atoms with Crippen molar-refractivity contribution in [2.45, 2.75) is 12.8 Å². The number of hydrogen-bond acceptors (Lipinski definition) is 7. The summed E-state index contributed by atoms with van der Waals surface area (Å²) in [4.78, 5) is 22.3. The van der Waals surface area contributed by atoms with Gasteiger partial charge in [-0.1, -0.05) is 0 Å². The first-order valence-electron chi connectivity index (χ1n) is 10.4. The van der Waals surface area contributed by atoms with Gasteiger partial charge < -0.3 is 19.7 Å². The summed E-state index contributed by atoms with van der Waals surface area (Å²) in [7, 11) is 1.60. The van der Waals surface area contributed by atoms with E-state index in [-0.39, 0.29) is 0 Å². The largest absolute Gasteiger partial charge is 0.497 e. The zero-order valence-corrected chi connectivity index (χ0v) is 17.6. The Hall–Kier alpha value is -3.45. The Morgan fingerprint density at radius 3 is 2.42 bits per heavy atom. The Bertz CT molecular complexity index is 1000. The molecule has 0 spiro atoms. The number of benzene rings is 2. The van der Waals surface area contributed by atoms with Crippen LogP contribution in [0.5, 0.6) is 5.75 Å². The highest BCUT2D eigenvalue weighted by molar-refractivity contribution is 5.76.